The third kappa shape index (κ3) is 3.75. The minimum Gasteiger partial charge on any atom is -0.454 e. The maximum Gasteiger partial charge on any atom is 0.231 e. The number of rotatable bonds is 6. The standard InChI is InChI=1S/C16H22N2O5S/c1-2-18(13-6-8-24(20,21)10-13)16(19)5-7-17-12-3-4-14-15(9-12)23-11-22-14/h3-4,9,13,17H,2,5-8,10-11H2,1H3. The molecule has 132 valence electrons. The lowest BCUT2D eigenvalue weighted by atomic mass is 10.2. The lowest BCUT2D eigenvalue weighted by Crippen LogP contribution is -2.41. The SMILES string of the molecule is CCN(C(=O)CCNc1ccc2c(c1)OCO2)C1CCS(=O)(=O)C1. The molecule has 1 aromatic carbocycles. The summed E-state index contributed by atoms with van der Waals surface area (Å²) in [6.07, 6.45) is 0.857. The number of ether oxygens (including phenoxy) is 2. The molecule has 2 heterocycles. The zero-order valence-corrected chi connectivity index (χ0v) is 14.5. The summed E-state index contributed by atoms with van der Waals surface area (Å²) >= 11 is 0. The normalized spacial score (nSPS) is 20.8. The quantitative estimate of drug-likeness (QED) is 0.828. The van der Waals surface area contributed by atoms with Crippen molar-refractivity contribution in [2.24, 2.45) is 0 Å². The molecule has 1 N–H and O–H groups in total. The van der Waals surface area contributed by atoms with E-state index in [1.807, 2.05) is 25.1 Å². The number of hydrogen-bond acceptors (Lipinski definition) is 6. The van der Waals surface area contributed by atoms with Crippen LogP contribution in [0.1, 0.15) is 19.8 Å². The van der Waals surface area contributed by atoms with Gasteiger partial charge in [-0.3, -0.25) is 4.79 Å². The predicted octanol–water partition coefficient (Wildman–Crippen LogP) is 1.25. The van der Waals surface area contributed by atoms with Crippen molar-refractivity contribution in [1.82, 2.24) is 4.90 Å². The Morgan fingerprint density at radius 2 is 2.12 bits per heavy atom. The van der Waals surface area contributed by atoms with Crippen LogP contribution in [0, 0.1) is 0 Å². The maximum absolute atomic E-state index is 12.4. The lowest BCUT2D eigenvalue weighted by Gasteiger charge is -2.27. The minimum absolute atomic E-state index is 0.0205. The van der Waals surface area contributed by atoms with Crippen LogP contribution in [0.25, 0.3) is 0 Å². The smallest absolute Gasteiger partial charge is 0.231 e. The Morgan fingerprint density at radius 1 is 1.33 bits per heavy atom. The van der Waals surface area contributed by atoms with Gasteiger partial charge in [-0.05, 0) is 25.5 Å². The van der Waals surface area contributed by atoms with E-state index >= 15 is 0 Å². The van der Waals surface area contributed by atoms with Crippen LogP contribution in [0.15, 0.2) is 18.2 Å². The van der Waals surface area contributed by atoms with E-state index in [-0.39, 0.29) is 30.2 Å². The van der Waals surface area contributed by atoms with Crippen LogP contribution < -0.4 is 14.8 Å². The highest BCUT2D eigenvalue weighted by Gasteiger charge is 2.33. The van der Waals surface area contributed by atoms with Crippen molar-refractivity contribution in [2.45, 2.75) is 25.8 Å². The van der Waals surface area contributed by atoms with Crippen LogP contribution >= 0.6 is 0 Å². The first-order valence-electron chi connectivity index (χ1n) is 8.12. The molecule has 2 aliphatic rings. The largest absolute Gasteiger partial charge is 0.454 e. The zero-order valence-electron chi connectivity index (χ0n) is 13.7. The second-order valence-corrected chi connectivity index (χ2v) is 8.21. The summed E-state index contributed by atoms with van der Waals surface area (Å²) in [6, 6.07) is 5.36. The van der Waals surface area contributed by atoms with Crippen molar-refractivity contribution >= 4 is 21.4 Å². The van der Waals surface area contributed by atoms with Gasteiger partial charge in [-0.15, -0.1) is 0 Å². The Balaban J connectivity index is 1.51. The van der Waals surface area contributed by atoms with E-state index in [1.165, 1.54) is 0 Å². The van der Waals surface area contributed by atoms with E-state index in [0.29, 0.717) is 31.7 Å². The van der Waals surface area contributed by atoms with Gasteiger partial charge < -0.3 is 19.7 Å². The molecule has 0 aromatic heterocycles. The molecule has 1 fully saturated rings. The van der Waals surface area contributed by atoms with Crippen LogP contribution in [0.3, 0.4) is 0 Å². The molecule has 1 aromatic rings. The zero-order chi connectivity index (χ0) is 17.2. The van der Waals surface area contributed by atoms with Crippen LogP contribution in [0.5, 0.6) is 11.5 Å². The number of nitrogens with one attached hydrogen (secondary N) is 1. The van der Waals surface area contributed by atoms with Crippen molar-refractivity contribution in [3.05, 3.63) is 18.2 Å². The van der Waals surface area contributed by atoms with Crippen molar-refractivity contribution in [1.29, 1.82) is 0 Å². The number of hydrogen-bond donors (Lipinski definition) is 1. The average molecular weight is 354 g/mol. The van der Waals surface area contributed by atoms with Gasteiger partial charge in [-0.25, -0.2) is 8.42 Å². The number of carbonyl (C=O) groups excluding carboxylic acids is 1. The van der Waals surface area contributed by atoms with Crippen LogP contribution in [0.2, 0.25) is 0 Å². The molecule has 0 bridgehead atoms. The molecule has 0 saturated carbocycles. The fourth-order valence-electron chi connectivity index (χ4n) is 3.12. The van der Waals surface area contributed by atoms with Gasteiger partial charge >= 0.3 is 0 Å². The second-order valence-electron chi connectivity index (χ2n) is 5.98. The van der Waals surface area contributed by atoms with Gasteiger partial charge in [0.1, 0.15) is 0 Å². The monoisotopic (exact) mass is 354 g/mol. The first-order valence-corrected chi connectivity index (χ1v) is 9.94. The third-order valence-corrected chi connectivity index (χ3v) is 6.10. The number of fused-ring (bicyclic) bond motifs is 1. The Labute approximate surface area is 141 Å². The highest BCUT2D eigenvalue weighted by atomic mass is 32.2. The van der Waals surface area contributed by atoms with Gasteiger partial charge in [0.25, 0.3) is 0 Å². The minimum atomic E-state index is -2.99. The van der Waals surface area contributed by atoms with E-state index < -0.39 is 9.84 Å². The topological polar surface area (TPSA) is 84.9 Å². The first-order chi connectivity index (χ1) is 11.5. The molecule has 1 amide bonds. The molecule has 2 aliphatic heterocycles. The van der Waals surface area contributed by atoms with Crippen LogP contribution in [-0.4, -0.2) is 56.7 Å². The number of benzene rings is 1. The lowest BCUT2D eigenvalue weighted by molar-refractivity contribution is -0.132. The molecule has 1 saturated heterocycles. The average Bonchev–Trinajstić information content (AvgIpc) is 3.14. The van der Waals surface area contributed by atoms with E-state index in [2.05, 4.69) is 5.32 Å². The number of nitrogens with zero attached hydrogens (tertiary/aromatic N) is 1. The van der Waals surface area contributed by atoms with Crippen molar-refractivity contribution in [3.8, 4) is 11.5 Å². The van der Waals surface area contributed by atoms with E-state index in [4.69, 9.17) is 9.47 Å². The summed E-state index contributed by atoms with van der Waals surface area (Å²) in [5.74, 6) is 1.65. The molecule has 8 heteroatoms. The summed E-state index contributed by atoms with van der Waals surface area (Å²) in [7, 11) is -2.99. The predicted molar refractivity (Wildman–Crippen MR) is 90.1 cm³/mol. The van der Waals surface area contributed by atoms with E-state index in [9.17, 15) is 13.2 Å². The van der Waals surface area contributed by atoms with Gasteiger partial charge in [0.15, 0.2) is 21.3 Å². The molecule has 0 spiro atoms. The van der Waals surface area contributed by atoms with Crippen LogP contribution in [0.4, 0.5) is 5.69 Å². The number of sulfone groups is 1. The third-order valence-electron chi connectivity index (χ3n) is 4.35. The molecule has 7 nitrogen and oxygen atoms in total. The maximum atomic E-state index is 12.4. The van der Waals surface area contributed by atoms with Crippen molar-refractivity contribution < 1.29 is 22.7 Å². The van der Waals surface area contributed by atoms with Crippen LogP contribution in [-0.2, 0) is 14.6 Å². The van der Waals surface area contributed by atoms with Gasteiger partial charge in [0.05, 0.1) is 11.5 Å². The Hall–Kier alpha value is -1.96. The summed E-state index contributed by atoms with van der Waals surface area (Å²) in [4.78, 5) is 14.1. The van der Waals surface area contributed by atoms with Crippen molar-refractivity contribution in [2.75, 3.05) is 36.7 Å². The Bertz CT molecular complexity index is 719. The Morgan fingerprint density at radius 3 is 2.83 bits per heavy atom. The number of carbonyl (C=O) groups is 1. The first kappa shape index (κ1) is 16.9. The molecule has 24 heavy (non-hydrogen) atoms. The molecular weight excluding hydrogens is 332 g/mol. The highest BCUT2D eigenvalue weighted by molar-refractivity contribution is 7.91. The molecule has 1 atom stereocenters. The highest BCUT2D eigenvalue weighted by Crippen LogP contribution is 2.34. The molecule has 1 unspecified atom stereocenters. The van der Waals surface area contributed by atoms with E-state index in [0.717, 1.165) is 11.4 Å². The number of anilines is 1. The summed E-state index contributed by atoms with van der Waals surface area (Å²) in [5, 5.41) is 3.19. The number of amides is 1. The van der Waals surface area contributed by atoms with Gasteiger partial charge in [0, 0.05) is 37.3 Å². The van der Waals surface area contributed by atoms with Gasteiger partial charge in [0.2, 0.25) is 12.7 Å². The van der Waals surface area contributed by atoms with Crippen molar-refractivity contribution in [3.63, 3.8) is 0 Å². The summed E-state index contributed by atoms with van der Waals surface area (Å²) in [6.45, 7) is 3.12. The fourth-order valence-corrected chi connectivity index (χ4v) is 4.85. The fraction of sp³-hybridized carbons (Fsp3) is 0.562. The second kappa shape index (κ2) is 6.88. The molecule has 3 rings (SSSR count). The summed E-state index contributed by atoms with van der Waals surface area (Å²) < 4.78 is 33.8. The molecule has 0 radical (unpaired) electrons. The molecule has 0 aliphatic carbocycles. The van der Waals surface area contributed by atoms with E-state index in [1.54, 1.807) is 4.90 Å². The molecular formula is C16H22N2O5S. The Kier molecular flexibility index (Phi) is 4.84. The summed E-state index contributed by atoms with van der Waals surface area (Å²) in [5.41, 5.74) is 0.860. The van der Waals surface area contributed by atoms with Gasteiger partial charge in [-0.1, -0.05) is 0 Å². The van der Waals surface area contributed by atoms with Gasteiger partial charge in [-0.2, -0.15) is 0 Å².